The molecule has 7 nitrogen and oxygen atoms in total. The smallest absolute Gasteiger partial charge is 0.416 e. The monoisotopic (exact) mass is 570 g/mol. The molecule has 3 aromatic carbocycles. The van der Waals surface area contributed by atoms with Crippen molar-refractivity contribution in [3.8, 4) is 11.1 Å². The van der Waals surface area contributed by atoms with Crippen molar-refractivity contribution in [1.29, 1.82) is 0 Å². The van der Waals surface area contributed by atoms with Crippen LogP contribution in [0.4, 0.5) is 13.2 Å². The lowest BCUT2D eigenvalue weighted by Crippen LogP contribution is -2.49. The Bertz CT molecular complexity index is 1790. The van der Waals surface area contributed by atoms with Crippen LogP contribution in [0.3, 0.4) is 0 Å². The highest BCUT2D eigenvalue weighted by molar-refractivity contribution is 7.89. The molecule has 2 heterocycles. The van der Waals surface area contributed by atoms with Crippen molar-refractivity contribution in [2.24, 2.45) is 0 Å². The molecule has 0 aliphatic carbocycles. The van der Waals surface area contributed by atoms with Crippen LogP contribution in [0.25, 0.3) is 21.9 Å². The first kappa shape index (κ1) is 27.6. The molecule has 0 saturated heterocycles. The van der Waals surface area contributed by atoms with Gasteiger partial charge < -0.3 is 4.74 Å². The number of nitrogens with zero attached hydrogens (tertiary/aromatic N) is 2. The summed E-state index contributed by atoms with van der Waals surface area (Å²) in [6.07, 6.45) is -4.64. The Morgan fingerprint density at radius 3 is 2.40 bits per heavy atom. The van der Waals surface area contributed by atoms with Gasteiger partial charge in [-0.1, -0.05) is 61.5 Å². The molecular formula is C29H25F3N2O5S. The van der Waals surface area contributed by atoms with Gasteiger partial charge in [0.15, 0.2) is 5.03 Å². The molecule has 0 saturated carbocycles. The van der Waals surface area contributed by atoms with Crippen molar-refractivity contribution >= 4 is 26.8 Å². The molecule has 0 spiro atoms. The number of ether oxygens (including phenoxy) is 1. The molecule has 0 amide bonds. The topological polar surface area (TPSA) is 85.7 Å². The minimum absolute atomic E-state index is 0.0282. The molecule has 208 valence electrons. The zero-order valence-electron chi connectivity index (χ0n) is 21.6. The quantitative estimate of drug-likeness (QED) is 0.315. The first-order valence-electron chi connectivity index (χ1n) is 12.5. The molecule has 0 fully saturated rings. The van der Waals surface area contributed by atoms with Gasteiger partial charge in [-0.05, 0) is 46.0 Å². The van der Waals surface area contributed by atoms with E-state index in [1.54, 1.807) is 6.92 Å². The van der Waals surface area contributed by atoms with Crippen molar-refractivity contribution in [2.75, 3.05) is 20.2 Å². The van der Waals surface area contributed by atoms with Gasteiger partial charge in [-0.2, -0.15) is 17.5 Å². The Hall–Kier alpha value is -3.96. The minimum atomic E-state index is -4.69. The summed E-state index contributed by atoms with van der Waals surface area (Å²) in [6, 6.07) is 17.2. The predicted octanol–water partition coefficient (Wildman–Crippen LogP) is 5.02. The highest BCUT2D eigenvalue weighted by Crippen LogP contribution is 2.40. The average Bonchev–Trinajstić information content (AvgIpc) is 2.93. The van der Waals surface area contributed by atoms with Crippen LogP contribution < -0.4 is 5.56 Å². The molecular weight excluding hydrogens is 545 g/mol. The standard InChI is InChI=1S/C29H25F3N2O5S/c1-3-33-17-24(28(36)39-2)34-25(35)16-21(14-19-10-6-9-18-8-4-5-13-23(18)19)26(27(34)40(33,37)38)20-11-7-12-22(15-20)29(30,31)32/h4-13,15-16,24H,3,14,17H2,1-2H3. The first-order valence-corrected chi connectivity index (χ1v) is 13.9. The molecule has 1 atom stereocenters. The second-order valence-electron chi connectivity index (χ2n) is 9.45. The Labute approximate surface area is 228 Å². The maximum Gasteiger partial charge on any atom is 0.416 e. The number of likely N-dealkylation sites (N-methyl/N-ethyl adjacent to an activating group) is 1. The maximum absolute atomic E-state index is 13.9. The van der Waals surface area contributed by atoms with E-state index in [4.69, 9.17) is 4.74 Å². The number of fused-ring (bicyclic) bond motifs is 2. The fourth-order valence-electron chi connectivity index (χ4n) is 5.26. The minimum Gasteiger partial charge on any atom is -0.467 e. The number of benzene rings is 3. The number of hydrogen-bond acceptors (Lipinski definition) is 5. The number of methoxy groups -OCH3 is 1. The van der Waals surface area contributed by atoms with Gasteiger partial charge >= 0.3 is 12.1 Å². The summed E-state index contributed by atoms with van der Waals surface area (Å²) in [5.74, 6) is -0.839. The zero-order chi connectivity index (χ0) is 28.8. The molecule has 1 aliphatic rings. The van der Waals surface area contributed by atoms with Gasteiger partial charge in [0.2, 0.25) is 0 Å². The largest absolute Gasteiger partial charge is 0.467 e. The van der Waals surface area contributed by atoms with Gasteiger partial charge in [0, 0.05) is 24.7 Å². The summed E-state index contributed by atoms with van der Waals surface area (Å²) >= 11 is 0. The number of alkyl halides is 3. The molecule has 4 aromatic rings. The third-order valence-electron chi connectivity index (χ3n) is 7.13. The van der Waals surface area contributed by atoms with Crippen molar-refractivity contribution in [3.63, 3.8) is 0 Å². The summed E-state index contributed by atoms with van der Waals surface area (Å²) in [7, 11) is -3.29. The molecule has 1 unspecified atom stereocenters. The third kappa shape index (κ3) is 4.69. The van der Waals surface area contributed by atoms with E-state index in [1.165, 1.54) is 18.2 Å². The van der Waals surface area contributed by atoms with E-state index in [9.17, 15) is 31.2 Å². The van der Waals surface area contributed by atoms with Crippen LogP contribution in [0.2, 0.25) is 0 Å². The lowest BCUT2D eigenvalue weighted by molar-refractivity contribution is -0.145. The van der Waals surface area contributed by atoms with Crippen LogP contribution in [-0.4, -0.2) is 43.5 Å². The van der Waals surface area contributed by atoms with E-state index in [0.717, 1.165) is 44.5 Å². The number of hydrogen-bond donors (Lipinski definition) is 0. The lowest BCUT2D eigenvalue weighted by Gasteiger charge is -2.35. The van der Waals surface area contributed by atoms with E-state index >= 15 is 0 Å². The van der Waals surface area contributed by atoms with Gasteiger partial charge in [-0.15, -0.1) is 0 Å². The van der Waals surface area contributed by atoms with Crippen LogP contribution in [-0.2, 0) is 32.2 Å². The van der Waals surface area contributed by atoms with Crippen LogP contribution in [0.15, 0.2) is 82.6 Å². The molecule has 0 radical (unpaired) electrons. The number of carbonyl (C=O) groups is 1. The Balaban J connectivity index is 1.88. The maximum atomic E-state index is 13.9. The molecule has 11 heteroatoms. The molecule has 40 heavy (non-hydrogen) atoms. The SMILES string of the molecule is CCN1CC(C(=O)OC)n2c(c(-c3cccc(C(F)(F)F)c3)c(Cc3cccc4ccccc34)cc2=O)S1(=O)=O. The number of rotatable bonds is 5. The Morgan fingerprint density at radius 2 is 1.70 bits per heavy atom. The normalized spacial score (nSPS) is 17.0. The number of esters is 1. The van der Waals surface area contributed by atoms with E-state index in [2.05, 4.69) is 0 Å². The third-order valence-corrected chi connectivity index (χ3v) is 9.10. The Kier molecular flexibility index (Phi) is 7.05. The second-order valence-corrected chi connectivity index (χ2v) is 11.3. The van der Waals surface area contributed by atoms with Crippen molar-refractivity contribution in [3.05, 3.63) is 99.8 Å². The fourth-order valence-corrected chi connectivity index (χ4v) is 7.15. The zero-order valence-corrected chi connectivity index (χ0v) is 22.4. The summed E-state index contributed by atoms with van der Waals surface area (Å²) in [6.45, 7) is 1.20. The fraction of sp³-hybridized carbons (Fsp3) is 0.241. The molecule has 0 N–H and O–H groups in total. The van der Waals surface area contributed by atoms with Crippen LogP contribution in [0.1, 0.15) is 29.7 Å². The van der Waals surface area contributed by atoms with Gasteiger partial charge in [0.05, 0.1) is 12.7 Å². The number of halogens is 3. The number of carbonyl (C=O) groups excluding carboxylic acids is 1. The highest BCUT2D eigenvalue weighted by atomic mass is 32.2. The number of pyridine rings is 1. The van der Waals surface area contributed by atoms with Gasteiger partial charge in [-0.3, -0.25) is 9.36 Å². The van der Waals surface area contributed by atoms with Crippen molar-refractivity contribution < 1.29 is 31.1 Å². The lowest BCUT2D eigenvalue weighted by atomic mass is 9.93. The van der Waals surface area contributed by atoms with E-state index in [1.807, 2.05) is 42.5 Å². The highest BCUT2D eigenvalue weighted by Gasteiger charge is 2.43. The molecule has 1 aromatic heterocycles. The number of aromatic nitrogens is 1. The first-order chi connectivity index (χ1) is 19.0. The predicted molar refractivity (Wildman–Crippen MR) is 143 cm³/mol. The van der Waals surface area contributed by atoms with Crippen LogP contribution >= 0.6 is 0 Å². The van der Waals surface area contributed by atoms with Crippen molar-refractivity contribution in [1.82, 2.24) is 8.87 Å². The molecule has 1 aliphatic heterocycles. The van der Waals surface area contributed by atoms with Gasteiger partial charge in [-0.25, -0.2) is 13.2 Å². The molecule has 0 bridgehead atoms. The van der Waals surface area contributed by atoms with Crippen LogP contribution in [0.5, 0.6) is 0 Å². The molecule has 5 rings (SSSR count). The van der Waals surface area contributed by atoms with E-state index in [0.29, 0.717) is 0 Å². The average molecular weight is 571 g/mol. The summed E-state index contributed by atoms with van der Waals surface area (Å²) in [5.41, 5.74) is -0.880. The van der Waals surface area contributed by atoms with E-state index < -0.39 is 44.4 Å². The summed E-state index contributed by atoms with van der Waals surface area (Å²) in [4.78, 5) is 26.3. The summed E-state index contributed by atoms with van der Waals surface area (Å²) < 4.78 is 75.9. The Morgan fingerprint density at radius 1 is 1.00 bits per heavy atom. The van der Waals surface area contributed by atoms with Gasteiger partial charge in [0.1, 0.15) is 6.04 Å². The van der Waals surface area contributed by atoms with Crippen molar-refractivity contribution in [2.45, 2.75) is 30.6 Å². The summed E-state index contributed by atoms with van der Waals surface area (Å²) in [5, 5.41) is 1.23. The second kappa shape index (κ2) is 10.2. The van der Waals surface area contributed by atoms with Crippen LogP contribution in [0, 0.1) is 0 Å². The number of sulfonamides is 1. The van der Waals surface area contributed by atoms with Gasteiger partial charge in [0.25, 0.3) is 15.6 Å². The van der Waals surface area contributed by atoms with E-state index in [-0.39, 0.29) is 36.2 Å².